The summed E-state index contributed by atoms with van der Waals surface area (Å²) in [6.45, 7) is 8.98. The summed E-state index contributed by atoms with van der Waals surface area (Å²) in [5, 5.41) is 0. The maximum Gasteiger partial charge on any atom is 0.338 e. The molecular formula is C14H28O2Si. The Balaban J connectivity index is 2.19. The van der Waals surface area contributed by atoms with E-state index in [1.165, 1.54) is 50.6 Å². The first kappa shape index (κ1) is 13.6. The third-order valence-corrected chi connectivity index (χ3v) is 8.18. The third-order valence-electron chi connectivity index (χ3n) is 4.10. The second-order valence-electron chi connectivity index (χ2n) is 7.05. The van der Waals surface area contributed by atoms with Crippen molar-refractivity contribution >= 4 is 8.56 Å². The monoisotopic (exact) mass is 256 g/mol. The van der Waals surface area contributed by atoms with Crippen LogP contribution in [0.3, 0.4) is 0 Å². The minimum absolute atomic E-state index is 0.0309. The van der Waals surface area contributed by atoms with Crippen molar-refractivity contribution in [3.8, 4) is 0 Å². The van der Waals surface area contributed by atoms with Gasteiger partial charge in [0, 0.05) is 0 Å². The Labute approximate surface area is 107 Å². The van der Waals surface area contributed by atoms with E-state index in [1.807, 2.05) is 0 Å². The van der Waals surface area contributed by atoms with Crippen LogP contribution in [-0.4, -0.2) is 19.8 Å². The van der Waals surface area contributed by atoms with Crippen LogP contribution in [0.15, 0.2) is 0 Å². The molecular weight excluding hydrogens is 228 g/mol. The van der Waals surface area contributed by atoms with Crippen molar-refractivity contribution in [1.82, 2.24) is 0 Å². The van der Waals surface area contributed by atoms with Crippen molar-refractivity contribution in [2.24, 2.45) is 0 Å². The van der Waals surface area contributed by atoms with Crippen LogP contribution in [0, 0.1) is 0 Å². The highest BCUT2D eigenvalue weighted by molar-refractivity contribution is 6.67. The fourth-order valence-electron chi connectivity index (χ4n) is 3.35. The molecule has 0 aromatic heterocycles. The summed E-state index contributed by atoms with van der Waals surface area (Å²) in [5.74, 6) is 0. The molecule has 0 aliphatic carbocycles. The SMILES string of the molecule is CC1(C)CCCC[Si]2(CCCCC(C)(C)O2)O1. The Hall–Kier alpha value is 0.137. The fourth-order valence-corrected chi connectivity index (χ4v) is 7.84. The highest BCUT2D eigenvalue weighted by Crippen LogP contribution is 2.41. The Morgan fingerprint density at radius 1 is 0.706 bits per heavy atom. The van der Waals surface area contributed by atoms with E-state index in [4.69, 9.17) is 8.85 Å². The molecule has 0 saturated carbocycles. The van der Waals surface area contributed by atoms with Crippen molar-refractivity contribution in [2.45, 2.75) is 89.5 Å². The summed E-state index contributed by atoms with van der Waals surface area (Å²) >= 11 is 0. The molecule has 0 radical (unpaired) electrons. The maximum absolute atomic E-state index is 6.56. The zero-order valence-corrected chi connectivity index (χ0v) is 13.0. The van der Waals surface area contributed by atoms with E-state index in [0.29, 0.717) is 0 Å². The van der Waals surface area contributed by atoms with Gasteiger partial charge >= 0.3 is 8.56 Å². The van der Waals surface area contributed by atoms with Gasteiger partial charge in [0.15, 0.2) is 0 Å². The highest BCUT2D eigenvalue weighted by atomic mass is 28.4. The molecule has 3 heteroatoms. The fraction of sp³-hybridized carbons (Fsp3) is 1.00. The van der Waals surface area contributed by atoms with Crippen molar-refractivity contribution < 1.29 is 8.85 Å². The predicted molar refractivity (Wildman–Crippen MR) is 73.4 cm³/mol. The lowest BCUT2D eigenvalue weighted by Gasteiger charge is -2.40. The topological polar surface area (TPSA) is 18.5 Å². The quantitative estimate of drug-likeness (QED) is 0.599. The maximum atomic E-state index is 6.56. The minimum Gasteiger partial charge on any atom is -0.389 e. The van der Waals surface area contributed by atoms with E-state index in [1.54, 1.807) is 0 Å². The molecule has 100 valence electrons. The van der Waals surface area contributed by atoms with Crippen LogP contribution >= 0.6 is 0 Å². The Morgan fingerprint density at radius 2 is 1.12 bits per heavy atom. The lowest BCUT2D eigenvalue weighted by atomic mass is 10.0. The standard InChI is InChI=1S/C14H28O2Si/c1-13(2)9-5-7-11-17(15-13)12-8-6-10-14(3,4)16-17/h5-12H2,1-4H3. The zero-order chi connectivity index (χ0) is 12.6. The molecule has 2 rings (SSSR count). The van der Waals surface area contributed by atoms with Gasteiger partial charge in [0.2, 0.25) is 0 Å². The molecule has 0 unspecified atom stereocenters. The molecule has 1 spiro atoms. The molecule has 2 fully saturated rings. The Morgan fingerprint density at radius 3 is 1.53 bits per heavy atom. The van der Waals surface area contributed by atoms with Crippen LogP contribution in [0.2, 0.25) is 12.1 Å². The van der Waals surface area contributed by atoms with Crippen molar-refractivity contribution in [3.63, 3.8) is 0 Å². The molecule has 0 amide bonds. The molecule has 0 aromatic rings. The summed E-state index contributed by atoms with van der Waals surface area (Å²) in [6, 6.07) is 2.42. The van der Waals surface area contributed by atoms with E-state index in [2.05, 4.69) is 27.7 Å². The van der Waals surface area contributed by atoms with Crippen molar-refractivity contribution in [2.75, 3.05) is 0 Å². The molecule has 2 aliphatic heterocycles. The van der Waals surface area contributed by atoms with Gasteiger partial charge in [-0.2, -0.15) is 0 Å². The summed E-state index contributed by atoms with van der Waals surface area (Å²) < 4.78 is 13.1. The molecule has 0 aromatic carbocycles. The second-order valence-corrected chi connectivity index (χ2v) is 10.3. The van der Waals surface area contributed by atoms with Crippen LogP contribution < -0.4 is 0 Å². The normalized spacial score (nSPS) is 31.8. The van der Waals surface area contributed by atoms with E-state index in [9.17, 15) is 0 Å². The van der Waals surface area contributed by atoms with Crippen LogP contribution in [0.25, 0.3) is 0 Å². The first-order chi connectivity index (χ1) is 7.83. The van der Waals surface area contributed by atoms with Gasteiger partial charge in [-0.1, -0.05) is 25.7 Å². The van der Waals surface area contributed by atoms with Gasteiger partial charge in [0.1, 0.15) is 0 Å². The van der Waals surface area contributed by atoms with Crippen LogP contribution in [0.4, 0.5) is 0 Å². The highest BCUT2D eigenvalue weighted by Gasteiger charge is 2.47. The molecule has 2 aliphatic rings. The molecule has 2 saturated heterocycles. The van der Waals surface area contributed by atoms with Crippen molar-refractivity contribution in [1.29, 1.82) is 0 Å². The average molecular weight is 256 g/mol. The van der Waals surface area contributed by atoms with E-state index in [0.717, 1.165) is 0 Å². The van der Waals surface area contributed by atoms with Gasteiger partial charge in [-0.15, -0.1) is 0 Å². The van der Waals surface area contributed by atoms with Crippen LogP contribution in [0.5, 0.6) is 0 Å². The van der Waals surface area contributed by atoms with Crippen LogP contribution in [0.1, 0.15) is 66.2 Å². The van der Waals surface area contributed by atoms with Crippen molar-refractivity contribution in [3.05, 3.63) is 0 Å². The molecule has 0 N–H and O–H groups in total. The van der Waals surface area contributed by atoms with Gasteiger partial charge in [0.25, 0.3) is 0 Å². The van der Waals surface area contributed by atoms with Gasteiger partial charge in [-0.05, 0) is 52.6 Å². The second kappa shape index (κ2) is 4.67. The summed E-state index contributed by atoms with van der Waals surface area (Å²) in [4.78, 5) is 0. The number of rotatable bonds is 0. The Bertz CT molecular complexity index is 245. The first-order valence-corrected chi connectivity index (χ1v) is 9.46. The largest absolute Gasteiger partial charge is 0.389 e. The summed E-state index contributed by atoms with van der Waals surface area (Å²) in [5.41, 5.74) is 0.0618. The number of hydrogen-bond donors (Lipinski definition) is 0. The van der Waals surface area contributed by atoms with E-state index < -0.39 is 8.56 Å². The summed E-state index contributed by atoms with van der Waals surface area (Å²) in [7, 11) is -1.94. The van der Waals surface area contributed by atoms with Gasteiger partial charge in [0.05, 0.1) is 11.2 Å². The number of hydrogen-bond acceptors (Lipinski definition) is 2. The van der Waals surface area contributed by atoms with Crippen LogP contribution in [-0.2, 0) is 8.85 Å². The molecule has 2 nitrogen and oxygen atoms in total. The smallest absolute Gasteiger partial charge is 0.338 e. The van der Waals surface area contributed by atoms with E-state index >= 15 is 0 Å². The lowest BCUT2D eigenvalue weighted by Crippen LogP contribution is -2.50. The first-order valence-electron chi connectivity index (χ1n) is 7.23. The van der Waals surface area contributed by atoms with Gasteiger partial charge in [-0.25, -0.2) is 0 Å². The lowest BCUT2D eigenvalue weighted by molar-refractivity contribution is 0.00156. The average Bonchev–Trinajstić information content (AvgIpc) is 2.40. The molecule has 0 atom stereocenters. The summed E-state index contributed by atoms with van der Waals surface area (Å²) in [6.07, 6.45) is 7.56. The molecule has 17 heavy (non-hydrogen) atoms. The predicted octanol–water partition coefficient (Wildman–Crippen LogP) is 4.39. The third kappa shape index (κ3) is 3.55. The van der Waals surface area contributed by atoms with Gasteiger partial charge < -0.3 is 8.85 Å². The Kier molecular flexibility index (Phi) is 3.73. The minimum atomic E-state index is -1.94. The van der Waals surface area contributed by atoms with Gasteiger partial charge in [-0.3, -0.25) is 0 Å². The molecule has 0 bridgehead atoms. The van der Waals surface area contributed by atoms with E-state index in [-0.39, 0.29) is 11.2 Å². The zero-order valence-electron chi connectivity index (χ0n) is 12.0. The molecule has 2 heterocycles.